The SMILES string of the molecule is CCOCc1nc2c(N)nc(C)cc2n1CCCCNC(=O)c1ccccc1. The predicted molar refractivity (Wildman–Crippen MR) is 110 cm³/mol. The number of rotatable bonds is 9. The van der Waals surface area contributed by atoms with E-state index in [2.05, 4.69) is 19.9 Å². The Morgan fingerprint density at radius 1 is 1.21 bits per heavy atom. The van der Waals surface area contributed by atoms with E-state index in [4.69, 9.17) is 10.5 Å². The highest BCUT2D eigenvalue weighted by Crippen LogP contribution is 2.22. The number of unbranched alkanes of at least 4 members (excludes halogenated alkanes) is 1. The number of nitrogens with two attached hydrogens (primary N) is 1. The van der Waals surface area contributed by atoms with Gasteiger partial charge in [0.2, 0.25) is 0 Å². The molecule has 1 amide bonds. The van der Waals surface area contributed by atoms with Gasteiger partial charge in [0.1, 0.15) is 17.9 Å². The zero-order valence-electron chi connectivity index (χ0n) is 16.4. The molecule has 0 spiro atoms. The Morgan fingerprint density at radius 3 is 2.75 bits per heavy atom. The summed E-state index contributed by atoms with van der Waals surface area (Å²) < 4.78 is 7.71. The number of hydrogen-bond donors (Lipinski definition) is 2. The van der Waals surface area contributed by atoms with Crippen molar-refractivity contribution >= 4 is 22.8 Å². The third-order valence-corrected chi connectivity index (χ3v) is 4.54. The molecule has 148 valence electrons. The highest BCUT2D eigenvalue weighted by molar-refractivity contribution is 5.94. The van der Waals surface area contributed by atoms with Crippen LogP contribution in [0.5, 0.6) is 0 Å². The monoisotopic (exact) mass is 381 g/mol. The van der Waals surface area contributed by atoms with E-state index in [1.165, 1.54) is 0 Å². The fraction of sp³-hybridized carbons (Fsp3) is 0.381. The van der Waals surface area contributed by atoms with Crippen LogP contribution in [0.15, 0.2) is 36.4 Å². The Hall–Kier alpha value is -2.93. The lowest BCUT2D eigenvalue weighted by Gasteiger charge is -2.10. The third kappa shape index (κ3) is 4.67. The lowest BCUT2D eigenvalue weighted by Crippen LogP contribution is -2.24. The standard InChI is InChI=1S/C21H27N5O2/c1-3-28-14-18-25-19-17(13-15(2)24-20(19)22)26(18)12-8-7-11-23-21(27)16-9-5-4-6-10-16/h4-6,9-10,13H,3,7-8,11-12,14H2,1-2H3,(H2,22,24)(H,23,27). The van der Waals surface area contributed by atoms with Crippen LogP contribution in [0.2, 0.25) is 0 Å². The normalized spacial score (nSPS) is 11.1. The van der Waals surface area contributed by atoms with Gasteiger partial charge in [0.25, 0.3) is 5.91 Å². The van der Waals surface area contributed by atoms with E-state index in [0.717, 1.165) is 41.9 Å². The van der Waals surface area contributed by atoms with Crippen molar-refractivity contribution in [2.75, 3.05) is 18.9 Å². The molecule has 7 nitrogen and oxygen atoms in total. The number of imidazole rings is 1. The molecule has 3 aromatic rings. The van der Waals surface area contributed by atoms with Gasteiger partial charge in [-0.1, -0.05) is 18.2 Å². The van der Waals surface area contributed by atoms with Crippen LogP contribution in [-0.4, -0.2) is 33.6 Å². The zero-order valence-corrected chi connectivity index (χ0v) is 16.4. The Labute approximate surface area is 164 Å². The molecule has 1 aromatic carbocycles. The summed E-state index contributed by atoms with van der Waals surface area (Å²) in [7, 11) is 0. The van der Waals surface area contributed by atoms with Crippen LogP contribution in [0, 0.1) is 6.92 Å². The number of hydrogen-bond acceptors (Lipinski definition) is 5. The minimum Gasteiger partial charge on any atom is -0.382 e. The Bertz CT molecular complexity index is 937. The molecule has 0 bridgehead atoms. The van der Waals surface area contributed by atoms with Crippen LogP contribution in [0.1, 0.15) is 41.6 Å². The molecule has 0 fully saturated rings. The number of nitrogens with zero attached hydrogens (tertiary/aromatic N) is 3. The number of carbonyl (C=O) groups is 1. The quantitative estimate of drug-likeness (QED) is 0.556. The first-order valence-electron chi connectivity index (χ1n) is 9.63. The zero-order chi connectivity index (χ0) is 19.9. The van der Waals surface area contributed by atoms with Crippen molar-refractivity contribution in [2.45, 2.75) is 39.8 Å². The van der Waals surface area contributed by atoms with Crippen LogP contribution < -0.4 is 11.1 Å². The summed E-state index contributed by atoms with van der Waals surface area (Å²) in [4.78, 5) is 21.0. The second-order valence-corrected chi connectivity index (χ2v) is 6.66. The third-order valence-electron chi connectivity index (χ3n) is 4.54. The molecule has 0 radical (unpaired) electrons. The van der Waals surface area contributed by atoms with Gasteiger partial charge in [0, 0.05) is 31.0 Å². The predicted octanol–water partition coefficient (Wildman–Crippen LogP) is 3.07. The minimum atomic E-state index is -0.0415. The van der Waals surface area contributed by atoms with Gasteiger partial charge in [-0.2, -0.15) is 0 Å². The van der Waals surface area contributed by atoms with Crippen molar-refractivity contribution in [3.8, 4) is 0 Å². The van der Waals surface area contributed by atoms with E-state index in [-0.39, 0.29) is 5.91 Å². The van der Waals surface area contributed by atoms with Crippen molar-refractivity contribution in [3.05, 3.63) is 53.5 Å². The smallest absolute Gasteiger partial charge is 0.251 e. The number of benzene rings is 1. The largest absolute Gasteiger partial charge is 0.382 e. The molecule has 28 heavy (non-hydrogen) atoms. The van der Waals surface area contributed by atoms with Gasteiger partial charge in [-0.25, -0.2) is 9.97 Å². The summed E-state index contributed by atoms with van der Waals surface area (Å²) in [5.74, 6) is 1.26. The van der Waals surface area contributed by atoms with Gasteiger partial charge in [-0.15, -0.1) is 0 Å². The summed E-state index contributed by atoms with van der Waals surface area (Å²) >= 11 is 0. The first-order chi connectivity index (χ1) is 13.6. The average Bonchev–Trinajstić information content (AvgIpc) is 3.04. The number of pyridine rings is 1. The highest BCUT2D eigenvalue weighted by atomic mass is 16.5. The maximum Gasteiger partial charge on any atom is 0.251 e. The van der Waals surface area contributed by atoms with Crippen molar-refractivity contribution in [3.63, 3.8) is 0 Å². The van der Waals surface area contributed by atoms with E-state index >= 15 is 0 Å². The van der Waals surface area contributed by atoms with Crippen molar-refractivity contribution in [1.29, 1.82) is 0 Å². The number of amides is 1. The summed E-state index contributed by atoms with van der Waals surface area (Å²) in [6.45, 7) is 6.36. The van der Waals surface area contributed by atoms with Crippen LogP contribution in [0.3, 0.4) is 0 Å². The van der Waals surface area contributed by atoms with Gasteiger partial charge in [0.05, 0.1) is 5.52 Å². The van der Waals surface area contributed by atoms with Gasteiger partial charge in [-0.3, -0.25) is 4.79 Å². The van der Waals surface area contributed by atoms with Gasteiger partial charge in [-0.05, 0) is 44.9 Å². The number of carbonyl (C=O) groups excluding carboxylic acids is 1. The van der Waals surface area contributed by atoms with Crippen LogP contribution >= 0.6 is 0 Å². The number of ether oxygens (including phenoxy) is 1. The van der Waals surface area contributed by atoms with Crippen LogP contribution in [-0.2, 0) is 17.9 Å². The number of aromatic nitrogens is 3. The van der Waals surface area contributed by atoms with E-state index in [1.54, 1.807) is 0 Å². The maximum absolute atomic E-state index is 12.1. The molecule has 3 rings (SSSR count). The lowest BCUT2D eigenvalue weighted by molar-refractivity contribution is 0.0953. The Balaban J connectivity index is 1.62. The summed E-state index contributed by atoms with van der Waals surface area (Å²) in [5, 5.41) is 2.96. The molecular weight excluding hydrogens is 354 g/mol. The second-order valence-electron chi connectivity index (χ2n) is 6.66. The van der Waals surface area contributed by atoms with Gasteiger partial charge in [0.15, 0.2) is 5.82 Å². The molecule has 0 aliphatic heterocycles. The Morgan fingerprint density at radius 2 is 2.00 bits per heavy atom. The van der Waals surface area contributed by atoms with Gasteiger partial charge < -0.3 is 20.4 Å². The number of nitrogen functional groups attached to an aromatic ring is 1. The first kappa shape index (κ1) is 19.8. The highest BCUT2D eigenvalue weighted by Gasteiger charge is 2.14. The molecule has 0 aliphatic carbocycles. The minimum absolute atomic E-state index is 0.0415. The molecule has 2 heterocycles. The maximum atomic E-state index is 12.1. The summed E-state index contributed by atoms with van der Waals surface area (Å²) in [6, 6.07) is 11.3. The Kier molecular flexibility index (Phi) is 6.60. The molecule has 0 saturated heterocycles. The molecule has 0 saturated carbocycles. The first-order valence-corrected chi connectivity index (χ1v) is 9.63. The fourth-order valence-electron chi connectivity index (χ4n) is 3.16. The van der Waals surface area contributed by atoms with Crippen molar-refractivity contribution in [2.24, 2.45) is 0 Å². The summed E-state index contributed by atoms with van der Waals surface area (Å²) in [5.41, 5.74) is 9.30. The molecular formula is C21H27N5O2. The van der Waals surface area contributed by atoms with Crippen molar-refractivity contribution in [1.82, 2.24) is 19.9 Å². The fourth-order valence-corrected chi connectivity index (χ4v) is 3.16. The van der Waals surface area contributed by atoms with Crippen LogP contribution in [0.25, 0.3) is 11.0 Å². The number of anilines is 1. The molecule has 0 aliphatic rings. The van der Waals surface area contributed by atoms with Crippen LogP contribution in [0.4, 0.5) is 5.82 Å². The second kappa shape index (κ2) is 9.32. The molecule has 7 heteroatoms. The topological polar surface area (TPSA) is 95.1 Å². The molecule has 0 unspecified atom stereocenters. The number of aryl methyl sites for hydroxylation is 2. The average molecular weight is 381 g/mol. The van der Waals surface area contributed by atoms with Crippen molar-refractivity contribution < 1.29 is 9.53 Å². The molecule has 3 N–H and O–H groups in total. The van der Waals surface area contributed by atoms with E-state index in [0.29, 0.717) is 31.1 Å². The van der Waals surface area contributed by atoms with E-state index in [1.807, 2.05) is 50.2 Å². The van der Waals surface area contributed by atoms with Gasteiger partial charge >= 0.3 is 0 Å². The number of nitrogens with one attached hydrogen (secondary N) is 1. The molecule has 0 atom stereocenters. The molecule has 2 aromatic heterocycles. The lowest BCUT2D eigenvalue weighted by atomic mass is 10.2. The number of fused-ring (bicyclic) bond motifs is 1. The van der Waals surface area contributed by atoms with E-state index < -0.39 is 0 Å². The summed E-state index contributed by atoms with van der Waals surface area (Å²) in [6.07, 6.45) is 1.77. The van der Waals surface area contributed by atoms with E-state index in [9.17, 15) is 4.79 Å².